The van der Waals surface area contributed by atoms with Gasteiger partial charge in [0, 0.05) is 35.1 Å². The molecule has 17 heavy (non-hydrogen) atoms. The quantitative estimate of drug-likeness (QED) is 0.844. The Morgan fingerprint density at radius 3 is 3.12 bits per heavy atom. The lowest BCUT2D eigenvalue weighted by Crippen LogP contribution is -2.11. The van der Waals surface area contributed by atoms with Gasteiger partial charge in [-0.15, -0.1) is 11.3 Å². The summed E-state index contributed by atoms with van der Waals surface area (Å²) < 4.78 is 0.967. The number of carbonyl (C=O) groups is 1. The molecule has 3 heterocycles. The van der Waals surface area contributed by atoms with Gasteiger partial charge in [0.05, 0.1) is 10.3 Å². The second kappa shape index (κ2) is 4.09. The molecule has 3 N–H and O–H groups in total. The highest BCUT2D eigenvalue weighted by molar-refractivity contribution is 7.19. The van der Waals surface area contributed by atoms with Gasteiger partial charge >= 0.3 is 0 Å². The molecule has 1 aliphatic rings. The summed E-state index contributed by atoms with van der Waals surface area (Å²) in [5, 5.41) is 4.37. The van der Waals surface area contributed by atoms with Crippen molar-refractivity contribution in [1.82, 2.24) is 10.3 Å². The van der Waals surface area contributed by atoms with Gasteiger partial charge in [0.1, 0.15) is 0 Å². The minimum atomic E-state index is -0.402. The van der Waals surface area contributed by atoms with Crippen molar-refractivity contribution in [1.29, 1.82) is 0 Å². The van der Waals surface area contributed by atoms with E-state index in [1.807, 2.05) is 0 Å². The molecule has 0 aliphatic carbocycles. The minimum absolute atomic E-state index is 0.402. The van der Waals surface area contributed by atoms with Crippen LogP contribution in [-0.4, -0.2) is 24.0 Å². The lowest BCUT2D eigenvalue weighted by atomic mass is 10.1. The third kappa shape index (κ3) is 1.81. The van der Waals surface area contributed by atoms with Gasteiger partial charge in [0.2, 0.25) is 0 Å². The lowest BCUT2D eigenvalue weighted by Gasteiger charge is -2.02. The van der Waals surface area contributed by atoms with E-state index in [1.165, 1.54) is 4.88 Å². The number of nitrogens with zero attached hydrogens (tertiary/aromatic N) is 1. The van der Waals surface area contributed by atoms with E-state index < -0.39 is 5.91 Å². The first-order valence-corrected chi connectivity index (χ1v) is 6.45. The first kappa shape index (κ1) is 10.7. The molecule has 1 amide bonds. The van der Waals surface area contributed by atoms with Crippen molar-refractivity contribution < 1.29 is 4.79 Å². The maximum absolute atomic E-state index is 11.3. The van der Waals surface area contributed by atoms with E-state index in [9.17, 15) is 4.79 Å². The van der Waals surface area contributed by atoms with E-state index >= 15 is 0 Å². The first-order valence-electron chi connectivity index (χ1n) is 5.63. The molecule has 1 atom stereocenters. The SMILES string of the molecule is NC(=O)c1cncc2cc(C3CCNC3)sc12. The molecule has 2 aromatic rings. The van der Waals surface area contributed by atoms with Gasteiger partial charge in [-0.1, -0.05) is 0 Å². The molecule has 0 spiro atoms. The van der Waals surface area contributed by atoms with Gasteiger partial charge in [-0.25, -0.2) is 0 Å². The summed E-state index contributed by atoms with van der Waals surface area (Å²) in [4.78, 5) is 16.7. The fourth-order valence-electron chi connectivity index (χ4n) is 2.26. The number of nitrogens with two attached hydrogens (primary N) is 1. The smallest absolute Gasteiger partial charge is 0.251 e. The lowest BCUT2D eigenvalue weighted by molar-refractivity contribution is 0.100. The number of hydrogen-bond donors (Lipinski definition) is 2. The molecule has 5 heteroatoms. The summed E-state index contributed by atoms with van der Waals surface area (Å²) >= 11 is 1.67. The molecular weight excluding hydrogens is 234 g/mol. The number of aromatic nitrogens is 1. The Bertz CT molecular complexity index is 572. The Morgan fingerprint density at radius 1 is 1.53 bits per heavy atom. The predicted octanol–water partition coefficient (Wildman–Crippen LogP) is 1.47. The molecule has 3 rings (SSSR count). The molecule has 1 unspecified atom stereocenters. The molecule has 0 saturated carbocycles. The summed E-state index contributed by atoms with van der Waals surface area (Å²) in [6, 6.07) is 2.14. The van der Waals surface area contributed by atoms with Crippen molar-refractivity contribution in [3.05, 3.63) is 28.9 Å². The van der Waals surface area contributed by atoms with E-state index in [4.69, 9.17) is 5.73 Å². The Kier molecular flexibility index (Phi) is 2.57. The highest BCUT2D eigenvalue weighted by atomic mass is 32.1. The Morgan fingerprint density at radius 2 is 2.41 bits per heavy atom. The summed E-state index contributed by atoms with van der Waals surface area (Å²) in [6.07, 6.45) is 4.51. The van der Waals surface area contributed by atoms with Gasteiger partial charge in [-0.2, -0.15) is 0 Å². The average molecular weight is 247 g/mol. The fraction of sp³-hybridized carbons (Fsp3) is 0.333. The Hall–Kier alpha value is -1.46. The third-order valence-corrected chi connectivity index (χ3v) is 4.52. The van der Waals surface area contributed by atoms with Gasteiger partial charge in [-0.3, -0.25) is 9.78 Å². The van der Waals surface area contributed by atoms with E-state index in [2.05, 4.69) is 16.4 Å². The maximum Gasteiger partial charge on any atom is 0.251 e. The summed E-state index contributed by atoms with van der Waals surface area (Å²) in [5.74, 6) is 0.161. The van der Waals surface area contributed by atoms with Crippen molar-refractivity contribution in [3.63, 3.8) is 0 Å². The van der Waals surface area contributed by atoms with E-state index in [-0.39, 0.29) is 0 Å². The molecule has 4 nitrogen and oxygen atoms in total. The highest BCUT2D eigenvalue weighted by Gasteiger charge is 2.20. The molecule has 1 saturated heterocycles. The zero-order chi connectivity index (χ0) is 11.8. The second-order valence-corrected chi connectivity index (χ2v) is 5.39. The van der Waals surface area contributed by atoms with Crippen LogP contribution < -0.4 is 11.1 Å². The maximum atomic E-state index is 11.3. The molecular formula is C12H13N3OS. The van der Waals surface area contributed by atoms with Crippen LogP contribution in [-0.2, 0) is 0 Å². The van der Waals surface area contributed by atoms with Crippen LogP contribution in [0.5, 0.6) is 0 Å². The molecule has 0 bridgehead atoms. The number of fused-ring (bicyclic) bond motifs is 1. The van der Waals surface area contributed by atoms with Crippen molar-refractivity contribution in [2.24, 2.45) is 5.73 Å². The normalized spacial score (nSPS) is 19.9. The van der Waals surface area contributed by atoms with E-state index in [0.29, 0.717) is 11.5 Å². The van der Waals surface area contributed by atoms with Crippen LogP contribution in [0.3, 0.4) is 0 Å². The van der Waals surface area contributed by atoms with Gasteiger partial charge in [0.25, 0.3) is 5.91 Å². The van der Waals surface area contributed by atoms with Gasteiger partial charge in [0.15, 0.2) is 0 Å². The van der Waals surface area contributed by atoms with Crippen LogP contribution in [0.25, 0.3) is 10.1 Å². The zero-order valence-corrected chi connectivity index (χ0v) is 10.1. The van der Waals surface area contributed by atoms with Crippen LogP contribution >= 0.6 is 11.3 Å². The molecule has 1 fully saturated rings. The molecule has 1 aliphatic heterocycles. The monoisotopic (exact) mass is 247 g/mol. The van der Waals surface area contributed by atoms with Crippen molar-refractivity contribution >= 4 is 27.3 Å². The molecule has 0 radical (unpaired) electrons. The van der Waals surface area contributed by atoms with Crippen LogP contribution in [0.1, 0.15) is 27.6 Å². The van der Waals surface area contributed by atoms with Gasteiger partial charge < -0.3 is 11.1 Å². The van der Waals surface area contributed by atoms with Crippen molar-refractivity contribution in [3.8, 4) is 0 Å². The number of pyridine rings is 1. The van der Waals surface area contributed by atoms with Crippen molar-refractivity contribution in [2.45, 2.75) is 12.3 Å². The summed E-state index contributed by atoms with van der Waals surface area (Å²) in [7, 11) is 0. The largest absolute Gasteiger partial charge is 0.366 e. The highest BCUT2D eigenvalue weighted by Crippen LogP contribution is 2.34. The Labute approximate surface area is 103 Å². The van der Waals surface area contributed by atoms with Crippen LogP contribution in [0.2, 0.25) is 0 Å². The predicted molar refractivity (Wildman–Crippen MR) is 68.4 cm³/mol. The van der Waals surface area contributed by atoms with Crippen LogP contribution in [0.4, 0.5) is 0 Å². The van der Waals surface area contributed by atoms with E-state index in [1.54, 1.807) is 23.7 Å². The number of primary amides is 1. The van der Waals surface area contributed by atoms with Crippen molar-refractivity contribution in [2.75, 3.05) is 13.1 Å². The minimum Gasteiger partial charge on any atom is -0.366 e. The second-order valence-electron chi connectivity index (χ2n) is 4.31. The number of thiophene rings is 1. The van der Waals surface area contributed by atoms with Crippen LogP contribution in [0, 0.1) is 0 Å². The van der Waals surface area contributed by atoms with Gasteiger partial charge in [-0.05, 0) is 19.0 Å². The number of rotatable bonds is 2. The first-order chi connectivity index (χ1) is 8.25. The molecule has 88 valence electrons. The zero-order valence-electron chi connectivity index (χ0n) is 9.27. The number of nitrogens with one attached hydrogen (secondary N) is 1. The Balaban J connectivity index is 2.11. The molecule has 2 aromatic heterocycles. The number of hydrogen-bond acceptors (Lipinski definition) is 4. The topological polar surface area (TPSA) is 68.0 Å². The third-order valence-electron chi connectivity index (χ3n) is 3.17. The van der Waals surface area contributed by atoms with Crippen LogP contribution in [0.15, 0.2) is 18.5 Å². The fourth-order valence-corrected chi connectivity index (χ4v) is 3.54. The van der Waals surface area contributed by atoms with E-state index in [0.717, 1.165) is 29.6 Å². The number of amides is 1. The average Bonchev–Trinajstić information content (AvgIpc) is 2.96. The standard InChI is InChI=1S/C12H13N3OS/c13-12(16)9-6-15-5-8-3-10(17-11(8)9)7-1-2-14-4-7/h3,5-7,14H,1-2,4H2,(H2,13,16). The number of carbonyl (C=O) groups excluding carboxylic acids is 1. The summed E-state index contributed by atoms with van der Waals surface area (Å²) in [5.41, 5.74) is 5.89. The molecule has 0 aromatic carbocycles. The summed E-state index contributed by atoms with van der Waals surface area (Å²) in [6.45, 7) is 2.09.